The van der Waals surface area contributed by atoms with E-state index in [0.29, 0.717) is 17.3 Å². The van der Waals surface area contributed by atoms with Crippen molar-refractivity contribution in [2.75, 3.05) is 11.5 Å². The van der Waals surface area contributed by atoms with E-state index in [-0.39, 0.29) is 0 Å². The Balaban J connectivity index is 2.36. The highest BCUT2D eigenvalue weighted by Crippen LogP contribution is 2.26. The van der Waals surface area contributed by atoms with Crippen LogP contribution < -0.4 is 11.5 Å². The Hall–Kier alpha value is -1.96. The monoisotopic (exact) mass is 226 g/mol. The van der Waals surface area contributed by atoms with Crippen LogP contribution in [-0.4, -0.2) is 0 Å². The van der Waals surface area contributed by atoms with Crippen molar-refractivity contribution in [1.29, 1.82) is 0 Å². The summed E-state index contributed by atoms with van der Waals surface area (Å²) in [4.78, 5) is 0. The van der Waals surface area contributed by atoms with E-state index in [9.17, 15) is 0 Å². The van der Waals surface area contributed by atoms with Crippen molar-refractivity contribution in [3.05, 3.63) is 48.0 Å². The number of rotatable bonds is 2. The zero-order valence-corrected chi connectivity index (χ0v) is 10.3. The molecule has 0 aliphatic heterocycles. The van der Waals surface area contributed by atoms with Gasteiger partial charge in [-0.2, -0.15) is 0 Å². The van der Waals surface area contributed by atoms with Crippen LogP contribution in [0.3, 0.4) is 0 Å². The lowest BCUT2D eigenvalue weighted by molar-refractivity contribution is 0.867. The molecule has 0 bridgehead atoms. The van der Waals surface area contributed by atoms with E-state index in [1.165, 1.54) is 11.1 Å². The maximum Gasteiger partial charge on any atom is 0.0554 e. The minimum atomic E-state index is 0.556. The summed E-state index contributed by atoms with van der Waals surface area (Å²) in [7, 11) is 0. The summed E-state index contributed by atoms with van der Waals surface area (Å²) in [6.45, 7) is 4.38. The van der Waals surface area contributed by atoms with E-state index in [2.05, 4.69) is 38.1 Å². The molecule has 17 heavy (non-hydrogen) atoms. The average Bonchev–Trinajstić information content (AvgIpc) is 2.33. The second-order valence-electron chi connectivity index (χ2n) is 4.62. The molecular weight excluding hydrogens is 208 g/mol. The third kappa shape index (κ3) is 2.41. The summed E-state index contributed by atoms with van der Waals surface area (Å²) in [6, 6.07) is 14.3. The van der Waals surface area contributed by atoms with Gasteiger partial charge in [-0.15, -0.1) is 0 Å². The fourth-order valence-electron chi connectivity index (χ4n) is 1.81. The standard InChI is InChI=1S/C15H18N2/c1-10(2)11-3-5-12(6-4-11)13-7-8-14(16)15(17)9-13/h3-10H,16-17H2,1-2H3. The molecule has 0 heterocycles. The molecule has 0 aliphatic carbocycles. The van der Waals surface area contributed by atoms with E-state index in [0.717, 1.165) is 5.56 Å². The maximum atomic E-state index is 5.81. The van der Waals surface area contributed by atoms with E-state index in [4.69, 9.17) is 11.5 Å². The molecule has 0 unspecified atom stereocenters. The summed E-state index contributed by atoms with van der Waals surface area (Å²) in [5.41, 5.74) is 16.4. The molecule has 0 fully saturated rings. The zero-order chi connectivity index (χ0) is 12.4. The third-order valence-corrected chi connectivity index (χ3v) is 3.00. The molecule has 2 heteroatoms. The third-order valence-electron chi connectivity index (χ3n) is 3.00. The first kappa shape index (κ1) is 11.5. The second kappa shape index (κ2) is 4.50. The quantitative estimate of drug-likeness (QED) is 0.768. The zero-order valence-electron chi connectivity index (χ0n) is 10.3. The van der Waals surface area contributed by atoms with Crippen LogP contribution in [0.2, 0.25) is 0 Å². The largest absolute Gasteiger partial charge is 0.397 e. The molecule has 0 saturated carbocycles. The van der Waals surface area contributed by atoms with Crippen LogP contribution in [0, 0.1) is 0 Å². The van der Waals surface area contributed by atoms with Gasteiger partial charge in [0.2, 0.25) is 0 Å². The van der Waals surface area contributed by atoms with Crippen LogP contribution in [0.5, 0.6) is 0 Å². The van der Waals surface area contributed by atoms with Crippen LogP contribution in [0.4, 0.5) is 11.4 Å². The Morgan fingerprint density at radius 1 is 0.765 bits per heavy atom. The van der Waals surface area contributed by atoms with Crippen molar-refractivity contribution in [2.24, 2.45) is 0 Å². The number of benzene rings is 2. The van der Waals surface area contributed by atoms with E-state index < -0.39 is 0 Å². The molecule has 2 aromatic rings. The molecule has 0 aliphatic rings. The van der Waals surface area contributed by atoms with Crippen molar-refractivity contribution in [1.82, 2.24) is 0 Å². The first-order valence-corrected chi connectivity index (χ1v) is 5.83. The second-order valence-corrected chi connectivity index (χ2v) is 4.62. The van der Waals surface area contributed by atoms with Crippen molar-refractivity contribution in [3.63, 3.8) is 0 Å². The van der Waals surface area contributed by atoms with Crippen LogP contribution in [0.25, 0.3) is 11.1 Å². The average molecular weight is 226 g/mol. The highest BCUT2D eigenvalue weighted by Gasteiger charge is 2.02. The number of hydrogen-bond acceptors (Lipinski definition) is 2. The highest BCUT2D eigenvalue weighted by atomic mass is 14.7. The lowest BCUT2D eigenvalue weighted by Crippen LogP contribution is -1.94. The molecule has 0 spiro atoms. The fraction of sp³-hybridized carbons (Fsp3) is 0.200. The SMILES string of the molecule is CC(C)c1ccc(-c2ccc(N)c(N)c2)cc1. The Labute approximate surface area is 102 Å². The van der Waals surface area contributed by atoms with Gasteiger partial charge < -0.3 is 11.5 Å². The maximum absolute atomic E-state index is 5.81. The van der Waals surface area contributed by atoms with E-state index >= 15 is 0 Å². The lowest BCUT2D eigenvalue weighted by atomic mass is 9.98. The normalized spacial score (nSPS) is 10.8. The number of nitrogen functional groups attached to an aromatic ring is 2. The minimum absolute atomic E-state index is 0.556. The van der Waals surface area contributed by atoms with Gasteiger partial charge in [0, 0.05) is 0 Å². The van der Waals surface area contributed by atoms with Gasteiger partial charge >= 0.3 is 0 Å². The topological polar surface area (TPSA) is 52.0 Å². The summed E-state index contributed by atoms with van der Waals surface area (Å²) in [6.07, 6.45) is 0. The minimum Gasteiger partial charge on any atom is -0.397 e. The lowest BCUT2D eigenvalue weighted by Gasteiger charge is -2.08. The van der Waals surface area contributed by atoms with E-state index in [1.54, 1.807) is 0 Å². The Morgan fingerprint density at radius 2 is 1.35 bits per heavy atom. The highest BCUT2D eigenvalue weighted by molar-refractivity contribution is 5.74. The smallest absolute Gasteiger partial charge is 0.0554 e. The van der Waals surface area contributed by atoms with Crippen molar-refractivity contribution >= 4 is 11.4 Å². The molecule has 2 rings (SSSR count). The molecule has 0 radical (unpaired) electrons. The first-order valence-electron chi connectivity index (χ1n) is 5.83. The van der Waals surface area contributed by atoms with Crippen LogP contribution in [-0.2, 0) is 0 Å². The van der Waals surface area contributed by atoms with Crippen LogP contribution >= 0.6 is 0 Å². The van der Waals surface area contributed by atoms with Crippen LogP contribution in [0.15, 0.2) is 42.5 Å². The molecule has 2 aromatic carbocycles. The summed E-state index contributed by atoms with van der Waals surface area (Å²) < 4.78 is 0. The summed E-state index contributed by atoms with van der Waals surface area (Å²) in [5.74, 6) is 0.556. The van der Waals surface area contributed by atoms with Gasteiger partial charge in [0.1, 0.15) is 0 Å². The number of nitrogens with two attached hydrogens (primary N) is 2. The Morgan fingerprint density at radius 3 is 1.88 bits per heavy atom. The fourth-order valence-corrected chi connectivity index (χ4v) is 1.81. The van der Waals surface area contributed by atoms with Gasteiger partial charge in [0.05, 0.1) is 11.4 Å². The van der Waals surface area contributed by atoms with Crippen molar-refractivity contribution in [3.8, 4) is 11.1 Å². The van der Waals surface area contributed by atoms with Gasteiger partial charge in [-0.05, 0) is 34.7 Å². The van der Waals surface area contributed by atoms with E-state index in [1.807, 2.05) is 18.2 Å². The molecule has 0 saturated heterocycles. The molecule has 2 nitrogen and oxygen atoms in total. The predicted molar refractivity (Wildman–Crippen MR) is 74.8 cm³/mol. The predicted octanol–water partition coefficient (Wildman–Crippen LogP) is 3.64. The Kier molecular flexibility index (Phi) is 3.05. The number of hydrogen-bond donors (Lipinski definition) is 2. The Bertz CT molecular complexity index is 513. The van der Waals surface area contributed by atoms with Gasteiger partial charge in [-0.25, -0.2) is 0 Å². The van der Waals surface area contributed by atoms with Crippen molar-refractivity contribution in [2.45, 2.75) is 19.8 Å². The summed E-state index contributed by atoms with van der Waals surface area (Å²) in [5, 5.41) is 0. The first-order chi connectivity index (χ1) is 8.08. The van der Waals surface area contributed by atoms with Crippen molar-refractivity contribution < 1.29 is 0 Å². The molecule has 0 amide bonds. The van der Waals surface area contributed by atoms with Crippen LogP contribution in [0.1, 0.15) is 25.3 Å². The molecule has 0 aromatic heterocycles. The van der Waals surface area contributed by atoms with Gasteiger partial charge in [0.15, 0.2) is 0 Å². The molecule has 0 atom stereocenters. The van der Waals surface area contributed by atoms with Gasteiger partial charge in [-0.1, -0.05) is 44.2 Å². The van der Waals surface area contributed by atoms with Gasteiger partial charge in [0.25, 0.3) is 0 Å². The molecular formula is C15H18N2. The number of anilines is 2. The van der Waals surface area contributed by atoms with Gasteiger partial charge in [-0.3, -0.25) is 0 Å². The molecule has 88 valence electrons. The summed E-state index contributed by atoms with van der Waals surface area (Å²) >= 11 is 0. The molecule has 4 N–H and O–H groups in total.